The van der Waals surface area contributed by atoms with Crippen LogP contribution < -0.4 is 5.32 Å². The molecule has 3 aromatic carbocycles. The van der Waals surface area contributed by atoms with Gasteiger partial charge in [0.05, 0.1) is 16.6 Å². The third kappa shape index (κ3) is 1.59. The van der Waals surface area contributed by atoms with Crippen molar-refractivity contribution in [3.8, 4) is 11.1 Å². The second kappa shape index (κ2) is 4.62. The van der Waals surface area contributed by atoms with E-state index >= 15 is 0 Å². The quantitative estimate of drug-likeness (QED) is 0.373. The van der Waals surface area contributed by atoms with Crippen LogP contribution in [0.15, 0.2) is 46.9 Å². The minimum atomic E-state index is -0.314. The Bertz CT molecular complexity index is 1330. The molecule has 4 aromatic rings. The molecular formula is C21H11BrN2O2. The minimum Gasteiger partial charge on any atom is -0.354 e. The lowest BCUT2D eigenvalue weighted by Gasteiger charge is -2.08. The number of nitrogens with one attached hydrogen (secondary N) is 2. The molecule has 0 unspecified atom stereocenters. The molecule has 0 saturated carbocycles. The van der Waals surface area contributed by atoms with Gasteiger partial charge in [0, 0.05) is 32.7 Å². The van der Waals surface area contributed by atoms with E-state index in [0.29, 0.717) is 11.1 Å². The van der Waals surface area contributed by atoms with E-state index in [2.05, 4.69) is 32.3 Å². The van der Waals surface area contributed by atoms with Gasteiger partial charge in [0.15, 0.2) is 0 Å². The van der Waals surface area contributed by atoms with E-state index in [9.17, 15) is 9.59 Å². The maximum atomic E-state index is 12.7. The summed E-state index contributed by atoms with van der Waals surface area (Å²) < 4.78 is 0.966. The van der Waals surface area contributed by atoms with Gasteiger partial charge >= 0.3 is 0 Å². The highest BCUT2D eigenvalue weighted by Gasteiger charge is 2.38. The van der Waals surface area contributed by atoms with E-state index in [1.54, 1.807) is 0 Å². The highest BCUT2D eigenvalue weighted by atomic mass is 79.9. The molecule has 1 aliphatic heterocycles. The van der Waals surface area contributed by atoms with Crippen molar-refractivity contribution in [1.29, 1.82) is 0 Å². The number of halogens is 1. The summed E-state index contributed by atoms with van der Waals surface area (Å²) in [5.41, 5.74) is 7.14. The van der Waals surface area contributed by atoms with E-state index in [-0.39, 0.29) is 11.8 Å². The summed E-state index contributed by atoms with van der Waals surface area (Å²) >= 11 is 3.51. The van der Waals surface area contributed by atoms with Crippen molar-refractivity contribution < 1.29 is 9.59 Å². The summed E-state index contributed by atoms with van der Waals surface area (Å²) in [6, 6.07) is 14.0. The van der Waals surface area contributed by atoms with Gasteiger partial charge in [-0.2, -0.15) is 0 Å². The fraction of sp³-hybridized carbons (Fsp3) is 0.0476. The van der Waals surface area contributed by atoms with E-state index < -0.39 is 0 Å². The number of carbonyl (C=O) groups excluding carboxylic acids is 2. The largest absolute Gasteiger partial charge is 0.354 e. The normalized spacial score (nSPS) is 14.7. The van der Waals surface area contributed by atoms with Crippen molar-refractivity contribution in [3.05, 3.63) is 69.2 Å². The molecule has 0 fully saturated rings. The molecule has 1 aliphatic carbocycles. The molecule has 0 spiro atoms. The van der Waals surface area contributed by atoms with Crippen molar-refractivity contribution in [1.82, 2.24) is 10.3 Å². The number of H-pyrrole nitrogens is 1. The third-order valence-electron chi connectivity index (χ3n) is 5.45. The average molecular weight is 403 g/mol. The summed E-state index contributed by atoms with van der Waals surface area (Å²) in [5.74, 6) is -0.614. The lowest BCUT2D eigenvalue weighted by atomic mass is 9.92. The Hall–Kier alpha value is -2.92. The van der Waals surface area contributed by atoms with Gasteiger partial charge in [0.2, 0.25) is 0 Å². The Labute approximate surface area is 156 Å². The fourth-order valence-electron chi connectivity index (χ4n) is 4.45. The number of rotatable bonds is 0. The van der Waals surface area contributed by atoms with E-state index in [1.165, 1.54) is 5.56 Å². The number of fused-ring (bicyclic) bond motifs is 10. The second-order valence-corrected chi connectivity index (χ2v) is 7.70. The molecule has 124 valence electrons. The van der Waals surface area contributed by atoms with Gasteiger partial charge in [0.1, 0.15) is 0 Å². The zero-order valence-corrected chi connectivity index (χ0v) is 15.0. The van der Waals surface area contributed by atoms with Crippen LogP contribution in [-0.2, 0) is 6.42 Å². The smallest absolute Gasteiger partial charge is 0.259 e. The van der Waals surface area contributed by atoms with Crippen LogP contribution in [0.2, 0.25) is 0 Å². The van der Waals surface area contributed by atoms with E-state index in [0.717, 1.165) is 49.4 Å². The lowest BCUT2D eigenvalue weighted by Crippen LogP contribution is -2.20. The van der Waals surface area contributed by atoms with Gasteiger partial charge < -0.3 is 4.98 Å². The summed E-state index contributed by atoms with van der Waals surface area (Å²) in [6.07, 6.45) is 0.755. The number of hydrogen-bond donors (Lipinski definition) is 2. The Morgan fingerprint density at radius 3 is 2.62 bits per heavy atom. The van der Waals surface area contributed by atoms with Crippen molar-refractivity contribution in [2.45, 2.75) is 6.42 Å². The minimum absolute atomic E-state index is 0.300. The van der Waals surface area contributed by atoms with Crippen LogP contribution in [-0.4, -0.2) is 16.8 Å². The summed E-state index contributed by atoms with van der Waals surface area (Å²) in [7, 11) is 0. The van der Waals surface area contributed by atoms with Crippen LogP contribution in [0.5, 0.6) is 0 Å². The fourth-order valence-corrected chi connectivity index (χ4v) is 4.81. The first kappa shape index (κ1) is 14.3. The van der Waals surface area contributed by atoms with E-state index in [4.69, 9.17) is 0 Å². The predicted octanol–water partition coefficient (Wildman–Crippen LogP) is 4.54. The molecule has 0 atom stereocenters. The Morgan fingerprint density at radius 2 is 1.73 bits per heavy atom. The molecular weight excluding hydrogens is 392 g/mol. The molecule has 2 aliphatic rings. The summed E-state index contributed by atoms with van der Waals surface area (Å²) in [6.45, 7) is 0. The van der Waals surface area contributed by atoms with Crippen LogP contribution in [0.3, 0.4) is 0 Å². The second-order valence-electron chi connectivity index (χ2n) is 6.79. The van der Waals surface area contributed by atoms with Crippen LogP contribution in [0.4, 0.5) is 0 Å². The lowest BCUT2D eigenvalue weighted by molar-refractivity contribution is 0.0880. The Morgan fingerprint density at radius 1 is 0.923 bits per heavy atom. The van der Waals surface area contributed by atoms with Gasteiger partial charge in [-0.15, -0.1) is 0 Å². The van der Waals surface area contributed by atoms with Gasteiger partial charge in [-0.3, -0.25) is 14.9 Å². The van der Waals surface area contributed by atoms with Gasteiger partial charge in [-0.05, 0) is 28.8 Å². The van der Waals surface area contributed by atoms with Crippen LogP contribution >= 0.6 is 15.9 Å². The molecule has 2 N–H and O–H groups in total. The standard InChI is InChI=1S/C21H11BrN2O2/c22-10-5-6-12-14(8-10)23-19-13-7-9-3-1-2-4-11(9)15(13)17-18(16(12)19)21(26)24-20(17)25/h1-6,8,23H,7H2,(H,24,25,26). The van der Waals surface area contributed by atoms with Crippen LogP contribution in [0, 0.1) is 0 Å². The van der Waals surface area contributed by atoms with Crippen molar-refractivity contribution >= 4 is 49.6 Å². The molecule has 2 heterocycles. The zero-order chi connectivity index (χ0) is 17.6. The van der Waals surface area contributed by atoms with Crippen molar-refractivity contribution in [2.75, 3.05) is 0 Å². The maximum absolute atomic E-state index is 12.7. The topological polar surface area (TPSA) is 62.0 Å². The number of imide groups is 1. The van der Waals surface area contributed by atoms with Gasteiger partial charge in [-0.1, -0.05) is 46.3 Å². The maximum Gasteiger partial charge on any atom is 0.259 e. The first-order valence-electron chi connectivity index (χ1n) is 8.37. The van der Waals surface area contributed by atoms with Crippen molar-refractivity contribution in [3.63, 3.8) is 0 Å². The third-order valence-corrected chi connectivity index (χ3v) is 5.94. The highest BCUT2D eigenvalue weighted by molar-refractivity contribution is 9.10. The SMILES string of the molecule is O=C1NC(=O)c2c1c1c(c3[nH]c4cc(Br)ccc4c23)Cc2ccccc2-1. The average Bonchev–Trinajstić information content (AvgIpc) is 3.25. The molecule has 0 bridgehead atoms. The predicted molar refractivity (Wildman–Crippen MR) is 104 cm³/mol. The molecule has 0 radical (unpaired) electrons. The summed E-state index contributed by atoms with van der Waals surface area (Å²) in [5, 5.41) is 4.31. The van der Waals surface area contributed by atoms with Crippen LogP contribution in [0.25, 0.3) is 32.9 Å². The first-order valence-corrected chi connectivity index (χ1v) is 9.16. The molecule has 5 heteroatoms. The van der Waals surface area contributed by atoms with Crippen LogP contribution in [0.1, 0.15) is 31.8 Å². The van der Waals surface area contributed by atoms with Gasteiger partial charge in [-0.25, -0.2) is 0 Å². The number of hydrogen-bond acceptors (Lipinski definition) is 2. The molecule has 1 aromatic heterocycles. The number of aromatic amines is 1. The molecule has 6 rings (SSSR count). The molecule has 2 amide bonds. The number of amides is 2. The Balaban J connectivity index is 1.89. The van der Waals surface area contributed by atoms with E-state index in [1.807, 2.05) is 36.4 Å². The molecule has 26 heavy (non-hydrogen) atoms. The number of benzene rings is 3. The van der Waals surface area contributed by atoms with Crippen molar-refractivity contribution in [2.24, 2.45) is 0 Å². The molecule has 0 saturated heterocycles. The monoisotopic (exact) mass is 402 g/mol. The van der Waals surface area contributed by atoms with Gasteiger partial charge in [0.25, 0.3) is 11.8 Å². The first-order chi connectivity index (χ1) is 12.6. The number of carbonyl (C=O) groups is 2. The molecule has 4 nitrogen and oxygen atoms in total. The number of aromatic nitrogens is 1. The highest BCUT2D eigenvalue weighted by Crippen LogP contribution is 2.47. The Kier molecular flexibility index (Phi) is 2.54. The zero-order valence-electron chi connectivity index (χ0n) is 13.4. The summed E-state index contributed by atoms with van der Waals surface area (Å²) in [4.78, 5) is 28.8.